The second-order valence-electron chi connectivity index (χ2n) is 3.07. The van der Waals surface area contributed by atoms with Gasteiger partial charge in [-0.1, -0.05) is 22.5 Å². The molecule has 0 aliphatic rings. The Morgan fingerprint density at radius 2 is 2.15 bits per heavy atom. The van der Waals surface area contributed by atoms with E-state index < -0.39 is 0 Å². The van der Waals surface area contributed by atoms with Gasteiger partial charge < -0.3 is 4.42 Å². The minimum Gasteiger partial charge on any atom is -0.456 e. The molecule has 0 amide bonds. The Labute approximate surface area is 85.2 Å². The van der Waals surface area contributed by atoms with Crippen LogP contribution in [-0.4, -0.2) is 0 Å². The lowest BCUT2D eigenvalue weighted by Crippen LogP contribution is -1.66. The van der Waals surface area contributed by atoms with Crippen molar-refractivity contribution in [3.63, 3.8) is 0 Å². The predicted molar refractivity (Wildman–Crippen MR) is 58.6 cm³/mol. The van der Waals surface area contributed by atoms with E-state index in [0.29, 0.717) is 0 Å². The molecule has 1 aromatic carbocycles. The molecule has 0 atom stereocenters. The highest BCUT2D eigenvalue weighted by Gasteiger charge is 2.03. The Bertz CT molecular complexity index is 468. The van der Waals surface area contributed by atoms with Gasteiger partial charge in [0.1, 0.15) is 11.3 Å². The number of hydrogen-bond acceptors (Lipinski definition) is 1. The first-order valence-corrected chi connectivity index (χ1v) is 4.81. The van der Waals surface area contributed by atoms with E-state index in [0.717, 1.165) is 26.8 Å². The molecule has 13 heavy (non-hydrogen) atoms. The van der Waals surface area contributed by atoms with Gasteiger partial charge in [-0.2, -0.15) is 0 Å². The molecular formula is C11H9BrO. The molecule has 2 heteroatoms. The van der Waals surface area contributed by atoms with Crippen LogP contribution in [0.5, 0.6) is 0 Å². The maximum absolute atomic E-state index is 5.56. The lowest BCUT2D eigenvalue weighted by atomic mass is 10.2. The summed E-state index contributed by atoms with van der Waals surface area (Å²) in [7, 11) is 0. The van der Waals surface area contributed by atoms with E-state index in [1.807, 2.05) is 31.2 Å². The molecule has 1 nitrogen and oxygen atoms in total. The number of furan rings is 1. The van der Waals surface area contributed by atoms with Gasteiger partial charge >= 0.3 is 0 Å². The van der Waals surface area contributed by atoms with E-state index in [4.69, 9.17) is 4.42 Å². The largest absolute Gasteiger partial charge is 0.456 e. The van der Waals surface area contributed by atoms with Crippen molar-refractivity contribution in [2.24, 2.45) is 0 Å². The van der Waals surface area contributed by atoms with E-state index in [9.17, 15) is 0 Å². The van der Waals surface area contributed by atoms with Gasteiger partial charge in [-0.05, 0) is 36.8 Å². The molecule has 1 aromatic heterocycles. The summed E-state index contributed by atoms with van der Waals surface area (Å²) in [5.74, 6) is 0.855. The van der Waals surface area contributed by atoms with Crippen LogP contribution in [0.3, 0.4) is 0 Å². The van der Waals surface area contributed by atoms with Gasteiger partial charge in [-0.15, -0.1) is 0 Å². The first-order chi connectivity index (χ1) is 6.16. The van der Waals surface area contributed by atoms with E-state index in [1.54, 1.807) is 0 Å². The third-order valence-corrected chi connectivity index (χ3v) is 2.39. The van der Waals surface area contributed by atoms with Crippen molar-refractivity contribution in [2.75, 3.05) is 0 Å². The maximum Gasteiger partial charge on any atom is 0.134 e. The first-order valence-electron chi connectivity index (χ1n) is 4.02. The highest BCUT2D eigenvalue weighted by molar-refractivity contribution is 9.10. The molecule has 1 heterocycles. The zero-order chi connectivity index (χ0) is 9.42. The predicted octanol–water partition coefficient (Wildman–Crippen LogP) is 4.23. The Morgan fingerprint density at radius 1 is 1.38 bits per heavy atom. The summed E-state index contributed by atoms with van der Waals surface area (Å²) in [4.78, 5) is 0. The van der Waals surface area contributed by atoms with Crippen LogP contribution in [-0.2, 0) is 0 Å². The number of rotatable bonds is 1. The maximum atomic E-state index is 5.56. The zero-order valence-electron chi connectivity index (χ0n) is 7.30. The summed E-state index contributed by atoms with van der Waals surface area (Å²) in [5, 5.41) is 1.10. The number of hydrogen-bond donors (Lipinski definition) is 0. The fraction of sp³-hybridized carbons (Fsp3) is 0.0909. The van der Waals surface area contributed by atoms with Crippen molar-refractivity contribution in [1.29, 1.82) is 0 Å². The second-order valence-corrected chi connectivity index (χ2v) is 3.99. The molecule has 0 bridgehead atoms. The highest BCUT2D eigenvalue weighted by Crippen LogP contribution is 2.26. The normalized spacial score (nSPS) is 10.6. The first kappa shape index (κ1) is 8.57. The Kier molecular flexibility index (Phi) is 2.00. The molecule has 0 spiro atoms. The average Bonchev–Trinajstić information content (AvgIpc) is 2.46. The summed E-state index contributed by atoms with van der Waals surface area (Å²) >= 11 is 3.41. The molecular weight excluding hydrogens is 228 g/mol. The van der Waals surface area contributed by atoms with Gasteiger partial charge in [0.25, 0.3) is 0 Å². The summed E-state index contributed by atoms with van der Waals surface area (Å²) in [6, 6.07) is 7.95. The highest BCUT2D eigenvalue weighted by atomic mass is 79.9. The van der Waals surface area contributed by atoms with Crippen LogP contribution < -0.4 is 0 Å². The van der Waals surface area contributed by atoms with Gasteiger partial charge in [0.2, 0.25) is 0 Å². The van der Waals surface area contributed by atoms with Crippen LogP contribution in [0.25, 0.3) is 16.5 Å². The third-order valence-electron chi connectivity index (χ3n) is 1.90. The van der Waals surface area contributed by atoms with Crippen LogP contribution >= 0.6 is 15.9 Å². The van der Waals surface area contributed by atoms with Crippen LogP contribution in [0.4, 0.5) is 0 Å². The van der Waals surface area contributed by atoms with Crippen LogP contribution in [0.2, 0.25) is 0 Å². The van der Waals surface area contributed by atoms with E-state index >= 15 is 0 Å². The fourth-order valence-corrected chi connectivity index (χ4v) is 1.60. The van der Waals surface area contributed by atoms with Crippen molar-refractivity contribution < 1.29 is 4.42 Å². The third kappa shape index (κ3) is 1.54. The van der Waals surface area contributed by atoms with E-state index in [-0.39, 0.29) is 0 Å². The van der Waals surface area contributed by atoms with Crippen LogP contribution in [0.1, 0.15) is 12.7 Å². The molecule has 2 rings (SSSR count). The standard InChI is InChI=1S/C11H9BrO/c1-7(2)11-6-8-5-9(12)3-4-10(8)13-11/h3-6H,1H2,2H3. The molecule has 0 N–H and O–H groups in total. The van der Waals surface area contributed by atoms with Crippen molar-refractivity contribution in [3.05, 3.63) is 41.1 Å². The SMILES string of the molecule is C=C(C)c1cc2cc(Br)ccc2o1. The molecule has 0 fully saturated rings. The zero-order valence-corrected chi connectivity index (χ0v) is 8.89. The molecule has 0 radical (unpaired) electrons. The van der Waals surface area contributed by atoms with Crippen molar-refractivity contribution in [2.45, 2.75) is 6.92 Å². The van der Waals surface area contributed by atoms with Gasteiger partial charge in [-0.3, -0.25) is 0 Å². The smallest absolute Gasteiger partial charge is 0.134 e. The van der Waals surface area contributed by atoms with Gasteiger partial charge in [0.15, 0.2) is 0 Å². The second kappa shape index (κ2) is 3.04. The quantitative estimate of drug-likeness (QED) is 0.723. The van der Waals surface area contributed by atoms with Gasteiger partial charge in [0.05, 0.1) is 0 Å². The number of benzene rings is 1. The summed E-state index contributed by atoms with van der Waals surface area (Å²) in [6.07, 6.45) is 0. The average molecular weight is 237 g/mol. The molecule has 0 aliphatic heterocycles. The Balaban J connectivity index is 2.68. The lowest BCUT2D eigenvalue weighted by molar-refractivity contribution is 0.599. The van der Waals surface area contributed by atoms with Gasteiger partial charge in [0, 0.05) is 9.86 Å². The van der Waals surface area contributed by atoms with Crippen molar-refractivity contribution >= 4 is 32.5 Å². The molecule has 0 unspecified atom stereocenters. The molecule has 0 aliphatic carbocycles. The molecule has 0 saturated carbocycles. The van der Waals surface area contributed by atoms with E-state index in [1.165, 1.54) is 0 Å². The monoisotopic (exact) mass is 236 g/mol. The van der Waals surface area contributed by atoms with Crippen molar-refractivity contribution in [3.8, 4) is 0 Å². The molecule has 0 saturated heterocycles. The molecule has 2 aromatic rings. The topological polar surface area (TPSA) is 13.1 Å². The summed E-state index contributed by atoms with van der Waals surface area (Å²) in [5.41, 5.74) is 1.86. The van der Waals surface area contributed by atoms with Crippen LogP contribution in [0, 0.1) is 0 Å². The Hall–Kier alpha value is -1.02. The van der Waals surface area contributed by atoms with E-state index in [2.05, 4.69) is 22.5 Å². The minimum atomic E-state index is 0.855. The van der Waals surface area contributed by atoms with Gasteiger partial charge in [-0.25, -0.2) is 0 Å². The number of allylic oxidation sites excluding steroid dienone is 1. The van der Waals surface area contributed by atoms with Crippen LogP contribution in [0.15, 0.2) is 39.7 Å². The molecule has 66 valence electrons. The van der Waals surface area contributed by atoms with Crippen molar-refractivity contribution in [1.82, 2.24) is 0 Å². The number of halogens is 1. The summed E-state index contributed by atoms with van der Waals surface area (Å²) in [6.45, 7) is 5.77. The minimum absolute atomic E-state index is 0.855. The lowest BCUT2D eigenvalue weighted by Gasteiger charge is -1.89. The summed E-state index contributed by atoms with van der Waals surface area (Å²) < 4.78 is 6.63. The fourth-order valence-electron chi connectivity index (χ4n) is 1.22. The number of fused-ring (bicyclic) bond motifs is 1. The Morgan fingerprint density at radius 3 is 2.85 bits per heavy atom.